The standard InChI is InChI=1S/C18H25N3O2/c19-18(23)14-7-9-15(10-8-14)20-17(22)12-21-11-3-5-13-4-1-2-6-16(13)21/h7-10,13,16H,1-6,11-12H2,(H2,19,23)(H,20,22)/t13-,16-/m0/s1. The van der Waals surface area contributed by atoms with Crippen LogP contribution in [-0.4, -0.2) is 35.8 Å². The van der Waals surface area contributed by atoms with Gasteiger partial charge < -0.3 is 11.1 Å². The van der Waals surface area contributed by atoms with Gasteiger partial charge in [0.2, 0.25) is 11.8 Å². The molecule has 1 aliphatic heterocycles. The number of rotatable bonds is 4. The first-order valence-corrected chi connectivity index (χ1v) is 8.57. The molecule has 0 radical (unpaired) electrons. The van der Waals surface area contributed by atoms with E-state index in [-0.39, 0.29) is 5.91 Å². The molecule has 2 fully saturated rings. The smallest absolute Gasteiger partial charge is 0.248 e. The van der Waals surface area contributed by atoms with E-state index in [2.05, 4.69) is 10.2 Å². The Morgan fingerprint density at radius 1 is 1.09 bits per heavy atom. The molecule has 1 saturated carbocycles. The third kappa shape index (κ3) is 3.91. The summed E-state index contributed by atoms with van der Waals surface area (Å²) >= 11 is 0. The van der Waals surface area contributed by atoms with Gasteiger partial charge in [-0.3, -0.25) is 14.5 Å². The van der Waals surface area contributed by atoms with Gasteiger partial charge in [0.1, 0.15) is 0 Å². The Bertz CT molecular complexity index is 568. The van der Waals surface area contributed by atoms with E-state index in [1.54, 1.807) is 24.3 Å². The Hall–Kier alpha value is -1.88. The van der Waals surface area contributed by atoms with Crippen molar-refractivity contribution in [3.05, 3.63) is 29.8 Å². The predicted molar refractivity (Wildman–Crippen MR) is 90.1 cm³/mol. The van der Waals surface area contributed by atoms with Crippen molar-refractivity contribution in [3.63, 3.8) is 0 Å². The van der Waals surface area contributed by atoms with Gasteiger partial charge in [0, 0.05) is 17.3 Å². The largest absolute Gasteiger partial charge is 0.366 e. The summed E-state index contributed by atoms with van der Waals surface area (Å²) < 4.78 is 0. The summed E-state index contributed by atoms with van der Waals surface area (Å²) in [5.41, 5.74) is 6.37. The lowest BCUT2D eigenvalue weighted by Crippen LogP contribution is -2.49. The van der Waals surface area contributed by atoms with Gasteiger partial charge in [-0.25, -0.2) is 0 Å². The average Bonchev–Trinajstić information content (AvgIpc) is 2.55. The molecule has 5 nitrogen and oxygen atoms in total. The van der Waals surface area contributed by atoms with Crippen molar-refractivity contribution in [1.29, 1.82) is 0 Å². The van der Waals surface area contributed by atoms with Gasteiger partial charge in [-0.2, -0.15) is 0 Å². The zero-order chi connectivity index (χ0) is 16.2. The van der Waals surface area contributed by atoms with E-state index < -0.39 is 5.91 Å². The minimum atomic E-state index is -0.459. The van der Waals surface area contributed by atoms with Gasteiger partial charge in [0.25, 0.3) is 0 Å². The first-order valence-electron chi connectivity index (χ1n) is 8.57. The molecule has 0 aromatic heterocycles. The number of primary amides is 1. The van der Waals surface area contributed by atoms with Gasteiger partial charge in [-0.1, -0.05) is 12.8 Å². The van der Waals surface area contributed by atoms with Crippen molar-refractivity contribution >= 4 is 17.5 Å². The third-order valence-electron chi connectivity index (χ3n) is 5.16. The van der Waals surface area contributed by atoms with E-state index in [4.69, 9.17) is 5.73 Å². The summed E-state index contributed by atoms with van der Waals surface area (Å²) in [6, 6.07) is 7.29. The number of amides is 2. The monoisotopic (exact) mass is 315 g/mol. The molecule has 23 heavy (non-hydrogen) atoms. The van der Waals surface area contributed by atoms with Crippen LogP contribution in [0.3, 0.4) is 0 Å². The maximum atomic E-state index is 12.3. The zero-order valence-corrected chi connectivity index (χ0v) is 13.5. The fraction of sp³-hybridized carbons (Fsp3) is 0.556. The van der Waals surface area contributed by atoms with Crippen LogP contribution in [0.4, 0.5) is 5.69 Å². The van der Waals surface area contributed by atoms with E-state index in [0.29, 0.717) is 23.8 Å². The van der Waals surface area contributed by atoms with E-state index in [1.807, 2.05) is 0 Å². The lowest BCUT2D eigenvalue weighted by Gasteiger charge is -2.43. The zero-order valence-electron chi connectivity index (χ0n) is 13.5. The number of hydrogen-bond donors (Lipinski definition) is 2. The van der Waals surface area contributed by atoms with Crippen LogP contribution < -0.4 is 11.1 Å². The van der Waals surface area contributed by atoms with Crippen molar-refractivity contribution in [1.82, 2.24) is 4.90 Å². The molecule has 0 spiro atoms. The minimum Gasteiger partial charge on any atom is -0.366 e. The predicted octanol–water partition coefficient (Wildman–Crippen LogP) is 2.38. The van der Waals surface area contributed by atoms with E-state index in [9.17, 15) is 9.59 Å². The lowest BCUT2D eigenvalue weighted by molar-refractivity contribution is -0.118. The molecule has 2 atom stereocenters. The number of likely N-dealkylation sites (tertiary alicyclic amines) is 1. The van der Waals surface area contributed by atoms with Crippen LogP contribution in [0.1, 0.15) is 48.9 Å². The van der Waals surface area contributed by atoms with Crippen LogP contribution in [0.25, 0.3) is 0 Å². The second kappa shape index (κ2) is 7.13. The quantitative estimate of drug-likeness (QED) is 0.895. The molecule has 1 aromatic carbocycles. The first kappa shape index (κ1) is 16.0. The van der Waals surface area contributed by atoms with Crippen molar-refractivity contribution in [3.8, 4) is 0 Å². The second-order valence-corrected chi connectivity index (χ2v) is 6.71. The highest BCUT2D eigenvalue weighted by molar-refractivity contribution is 5.95. The number of carbonyl (C=O) groups excluding carboxylic acids is 2. The Morgan fingerprint density at radius 3 is 2.52 bits per heavy atom. The van der Waals surface area contributed by atoms with Gasteiger partial charge in [-0.15, -0.1) is 0 Å². The molecule has 0 bridgehead atoms. The Morgan fingerprint density at radius 2 is 1.78 bits per heavy atom. The number of nitrogens with one attached hydrogen (secondary N) is 1. The summed E-state index contributed by atoms with van der Waals surface area (Å²) in [6.45, 7) is 1.48. The number of nitrogens with zero attached hydrogens (tertiary/aromatic N) is 1. The van der Waals surface area contributed by atoms with Gasteiger partial charge in [0.05, 0.1) is 6.54 Å². The Labute approximate surface area is 137 Å². The number of hydrogen-bond acceptors (Lipinski definition) is 3. The molecule has 124 valence electrons. The molecule has 2 amide bonds. The highest BCUT2D eigenvalue weighted by Crippen LogP contribution is 2.35. The van der Waals surface area contributed by atoms with Gasteiger partial charge in [0.15, 0.2) is 0 Å². The van der Waals surface area contributed by atoms with Crippen LogP contribution in [0, 0.1) is 5.92 Å². The van der Waals surface area contributed by atoms with E-state index in [0.717, 1.165) is 12.5 Å². The van der Waals surface area contributed by atoms with Crippen LogP contribution in [0.15, 0.2) is 24.3 Å². The maximum Gasteiger partial charge on any atom is 0.248 e. The third-order valence-corrected chi connectivity index (χ3v) is 5.16. The molecule has 1 heterocycles. The highest BCUT2D eigenvalue weighted by atomic mass is 16.2. The summed E-state index contributed by atoms with van der Waals surface area (Å²) in [5.74, 6) is 0.336. The maximum absolute atomic E-state index is 12.3. The van der Waals surface area contributed by atoms with Crippen molar-refractivity contribution < 1.29 is 9.59 Å². The molecular formula is C18H25N3O2. The molecule has 1 aromatic rings. The van der Waals surface area contributed by atoms with Crippen molar-refractivity contribution in [2.75, 3.05) is 18.4 Å². The van der Waals surface area contributed by atoms with Crippen LogP contribution in [-0.2, 0) is 4.79 Å². The molecule has 1 aliphatic carbocycles. The highest BCUT2D eigenvalue weighted by Gasteiger charge is 2.33. The number of nitrogens with two attached hydrogens (primary N) is 1. The summed E-state index contributed by atoms with van der Waals surface area (Å²) in [5, 5.41) is 2.92. The summed E-state index contributed by atoms with van der Waals surface area (Å²) in [6.07, 6.45) is 7.68. The number of benzene rings is 1. The van der Waals surface area contributed by atoms with E-state index >= 15 is 0 Å². The minimum absolute atomic E-state index is 0.0167. The molecule has 5 heteroatoms. The van der Waals surface area contributed by atoms with Gasteiger partial charge >= 0.3 is 0 Å². The Kier molecular flexibility index (Phi) is 4.96. The second-order valence-electron chi connectivity index (χ2n) is 6.71. The van der Waals surface area contributed by atoms with E-state index in [1.165, 1.54) is 38.5 Å². The fourth-order valence-corrected chi connectivity index (χ4v) is 4.03. The first-order chi connectivity index (χ1) is 11.1. The van der Waals surface area contributed by atoms with Gasteiger partial charge in [-0.05, 0) is 62.4 Å². The lowest BCUT2D eigenvalue weighted by atomic mass is 9.78. The topological polar surface area (TPSA) is 75.4 Å². The molecule has 1 saturated heterocycles. The number of fused-ring (bicyclic) bond motifs is 1. The molecule has 2 aliphatic rings. The molecule has 3 rings (SSSR count). The summed E-state index contributed by atoms with van der Waals surface area (Å²) in [7, 11) is 0. The van der Waals surface area contributed by atoms with Crippen molar-refractivity contribution in [2.24, 2.45) is 11.7 Å². The van der Waals surface area contributed by atoms with Crippen LogP contribution >= 0.6 is 0 Å². The van der Waals surface area contributed by atoms with Crippen LogP contribution in [0.5, 0.6) is 0 Å². The number of carbonyl (C=O) groups is 2. The van der Waals surface area contributed by atoms with Crippen molar-refractivity contribution in [2.45, 2.75) is 44.6 Å². The van der Waals surface area contributed by atoms with Crippen LogP contribution in [0.2, 0.25) is 0 Å². The number of anilines is 1. The SMILES string of the molecule is NC(=O)c1ccc(NC(=O)CN2CCC[C@@H]3CCCC[C@@H]32)cc1. The Balaban J connectivity index is 1.57. The normalized spacial score (nSPS) is 24.7. The fourth-order valence-electron chi connectivity index (χ4n) is 4.03. The molecule has 0 unspecified atom stereocenters. The average molecular weight is 315 g/mol. The summed E-state index contributed by atoms with van der Waals surface area (Å²) in [4.78, 5) is 25.8. The molecule has 3 N–H and O–H groups in total. The number of piperidine rings is 1. The molecular weight excluding hydrogens is 290 g/mol.